The quantitative estimate of drug-likeness (QED) is 0.0215. The maximum atomic E-state index is 13.3. The Kier molecular flexibility index (Phi) is 63.6. The number of ether oxygens (including phenoxy) is 2. The van der Waals surface area contributed by atoms with Crippen LogP contribution >= 0.6 is 0 Å². The van der Waals surface area contributed by atoms with Crippen molar-refractivity contribution in [1.82, 2.24) is 5.32 Å². The molecule has 1 heterocycles. The number of unbranched alkanes of at least 4 members (excludes halogenated alkanes) is 51. The molecular weight excluding hydrogens is 1110 g/mol. The van der Waals surface area contributed by atoms with E-state index in [9.17, 15) is 40.5 Å². The third-order valence-corrected chi connectivity index (χ3v) is 18.9. The van der Waals surface area contributed by atoms with Crippen molar-refractivity contribution in [2.45, 2.75) is 441 Å². The predicted molar refractivity (Wildman–Crippen MR) is 376 cm³/mol. The van der Waals surface area contributed by atoms with Gasteiger partial charge in [-0.2, -0.15) is 0 Å². The van der Waals surface area contributed by atoms with Crippen LogP contribution in [0.5, 0.6) is 0 Å². The first kappa shape index (κ1) is 85.3. The molecule has 1 saturated heterocycles. The molecule has 0 aromatic rings. The average molecular weight is 1260 g/mol. The monoisotopic (exact) mass is 1260 g/mol. The SMILES string of the molecule is CCCCCCCCCCCCCC/C=C\CCCCCCCCCCCCCCCCC(O)C(=O)NC(COC1OC(CO)C(O)C(O)C1O)C(O)C(O)CCC/C=C/CC/C=C/CCCCCCCCCCCCCCCCCCCCCCCCC. The lowest BCUT2D eigenvalue weighted by molar-refractivity contribution is -0.303. The number of nitrogens with one attached hydrogen (secondary N) is 1. The zero-order chi connectivity index (χ0) is 64.6. The summed E-state index contributed by atoms with van der Waals surface area (Å²) in [5.41, 5.74) is 0. The molecule has 0 aliphatic carbocycles. The first-order valence-corrected chi connectivity index (χ1v) is 38.9. The molecule has 9 unspecified atom stereocenters. The number of allylic oxidation sites excluding steroid dienone is 6. The van der Waals surface area contributed by atoms with Crippen molar-refractivity contribution in [3.63, 3.8) is 0 Å². The lowest BCUT2D eigenvalue weighted by Crippen LogP contribution is -2.60. The topological polar surface area (TPSA) is 189 Å². The molecule has 11 nitrogen and oxygen atoms in total. The van der Waals surface area contributed by atoms with Crippen LogP contribution < -0.4 is 5.32 Å². The molecule has 0 aromatic heterocycles. The molecule has 526 valence electrons. The smallest absolute Gasteiger partial charge is 0.249 e. The zero-order valence-electron chi connectivity index (χ0n) is 58.4. The van der Waals surface area contributed by atoms with E-state index in [0.29, 0.717) is 19.3 Å². The highest BCUT2D eigenvalue weighted by Gasteiger charge is 2.44. The van der Waals surface area contributed by atoms with Crippen LogP contribution in [-0.4, -0.2) is 110 Å². The lowest BCUT2D eigenvalue weighted by Gasteiger charge is -2.40. The van der Waals surface area contributed by atoms with Crippen molar-refractivity contribution in [3.05, 3.63) is 36.5 Å². The summed E-state index contributed by atoms with van der Waals surface area (Å²) in [5.74, 6) is -0.704. The van der Waals surface area contributed by atoms with E-state index >= 15 is 0 Å². The summed E-state index contributed by atoms with van der Waals surface area (Å²) < 4.78 is 11.2. The van der Waals surface area contributed by atoms with E-state index in [-0.39, 0.29) is 12.8 Å². The molecule has 0 saturated carbocycles. The first-order valence-electron chi connectivity index (χ1n) is 38.9. The molecule has 0 spiro atoms. The second-order valence-corrected chi connectivity index (χ2v) is 27.4. The van der Waals surface area contributed by atoms with Gasteiger partial charge in [-0.1, -0.05) is 346 Å². The van der Waals surface area contributed by atoms with Crippen molar-refractivity contribution in [1.29, 1.82) is 0 Å². The number of hydrogen-bond acceptors (Lipinski definition) is 10. The molecule has 11 heteroatoms. The second-order valence-electron chi connectivity index (χ2n) is 27.4. The van der Waals surface area contributed by atoms with E-state index in [0.717, 1.165) is 38.5 Å². The first-order chi connectivity index (χ1) is 43.7. The van der Waals surface area contributed by atoms with Gasteiger partial charge in [-0.05, 0) is 77.0 Å². The van der Waals surface area contributed by atoms with Gasteiger partial charge >= 0.3 is 0 Å². The fourth-order valence-corrected chi connectivity index (χ4v) is 12.7. The zero-order valence-corrected chi connectivity index (χ0v) is 58.4. The van der Waals surface area contributed by atoms with Gasteiger partial charge in [-0.25, -0.2) is 0 Å². The van der Waals surface area contributed by atoms with Gasteiger partial charge in [0, 0.05) is 0 Å². The molecule has 0 bridgehead atoms. The van der Waals surface area contributed by atoms with E-state index in [1.807, 2.05) is 0 Å². The van der Waals surface area contributed by atoms with Gasteiger partial charge in [-0.15, -0.1) is 0 Å². The summed E-state index contributed by atoms with van der Waals surface area (Å²) in [5, 5.41) is 76.6. The van der Waals surface area contributed by atoms with E-state index in [1.54, 1.807) is 0 Å². The number of amides is 1. The van der Waals surface area contributed by atoms with Gasteiger partial charge in [0.2, 0.25) is 5.91 Å². The molecule has 9 atom stereocenters. The Bertz CT molecular complexity index is 1540. The fraction of sp³-hybridized carbons (Fsp3) is 0.910. The summed E-state index contributed by atoms with van der Waals surface area (Å²) in [6.45, 7) is 3.50. The summed E-state index contributed by atoms with van der Waals surface area (Å²) >= 11 is 0. The van der Waals surface area contributed by atoms with E-state index in [2.05, 4.69) is 55.6 Å². The fourth-order valence-electron chi connectivity index (χ4n) is 12.7. The maximum absolute atomic E-state index is 13.3. The molecule has 1 aliphatic rings. The van der Waals surface area contributed by atoms with Crippen molar-refractivity contribution >= 4 is 5.91 Å². The standard InChI is InChI=1S/C78H149NO10/c1-3-5-7-9-11-13-15-17-19-21-23-25-27-29-31-33-35-36-38-39-41-43-45-47-49-51-53-55-57-59-61-63-65-70(81)73(83)69(68-88-78-76(86)75(85)74(84)72(67-80)89-78)79-77(87)71(82)66-64-62-60-58-56-54-52-50-48-46-44-42-40-37-34-32-30-28-26-24-22-20-18-16-14-12-10-8-6-4-2/h30,32,49,51,57,59,69-76,78,80-86H,3-29,31,33-48,50,52-56,58,60-68H2,1-2H3,(H,79,87)/b32-30-,51-49+,59-57+. The molecule has 1 amide bonds. The lowest BCUT2D eigenvalue weighted by atomic mass is 9.98. The van der Waals surface area contributed by atoms with Crippen molar-refractivity contribution in [2.24, 2.45) is 0 Å². The Hall–Kier alpha value is -1.67. The molecule has 1 fully saturated rings. The molecule has 0 radical (unpaired) electrons. The van der Waals surface area contributed by atoms with Crippen LogP contribution in [0.2, 0.25) is 0 Å². The Morgan fingerprint density at radius 2 is 0.674 bits per heavy atom. The van der Waals surface area contributed by atoms with Gasteiger partial charge < -0.3 is 50.5 Å². The van der Waals surface area contributed by atoms with Gasteiger partial charge in [0.1, 0.15) is 36.6 Å². The number of aliphatic hydroxyl groups is 7. The summed E-state index contributed by atoms with van der Waals surface area (Å²) in [7, 11) is 0. The van der Waals surface area contributed by atoms with Gasteiger partial charge in [0.25, 0.3) is 0 Å². The Balaban J connectivity index is 2.18. The third kappa shape index (κ3) is 53.3. The van der Waals surface area contributed by atoms with Crippen LogP contribution in [0.4, 0.5) is 0 Å². The Labute approximate surface area is 549 Å². The number of carbonyl (C=O) groups is 1. The third-order valence-electron chi connectivity index (χ3n) is 18.9. The number of rotatable bonds is 69. The molecule has 8 N–H and O–H groups in total. The van der Waals surface area contributed by atoms with Crippen LogP contribution in [0.25, 0.3) is 0 Å². The minimum atomic E-state index is -1.67. The molecule has 89 heavy (non-hydrogen) atoms. The summed E-state index contributed by atoms with van der Waals surface area (Å²) in [6.07, 6.45) is 75.5. The average Bonchev–Trinajstić information content (AvgIpc) is 3.68. The summed E-state index contributed by atoms with van der Waals surface area (Å²) in [6, 6.07) is -1.19. The van der Waals surface area contributed by atoms with E-state index < -0.39 is 74.2 Å². The molecular formula is C78H149NO10. The largest absolute Gasteiger partial charge is 0.394 e. The Morgan fingerprint density at radius 1 is 0.382 bits per heavy atom. The van der Waals surface area contributed by atoms with E-state index in [4.69, 9.17) is 9.47 Å². The van der Waals surface area contributed by atoms with Gasteiger partial charge in [0.15, 0.2) is 6.29 Å². The van der Waals surface area contributed by atoms with Crippen molar-refractivity contribution < 1.29 is 50.0 Å². The van der Waals surface area contributed by atoms with Crippen LogP contribution in [0, 0.1) is 0 Å². The van der Waals surface area contributed by atoms with Crippen molar-refractivity contribution in [2.75, 3.05) is 13.2 Å². The minimum Gasteiger partial charge on any atom is -0.394 e. The van der Waals surface area contributed by atoms with Crippen LogP contribution in [0.3, 0.4) is 0 Å². The number of hydrogen-bond donors (Lipinski definition) is 8. The minimum absolute atomic E-state index is 0.248. The van der Waals surface area contributed by atoms with Crippen LogP contribution in [-0.2, 0) is 14.3 Å². The maximum Gasteiger partial charge on any atom is 0.249 e. The van der Waals surface area contributed by atoms with E-state index in [1.165, 1.54) is 302 Å². The Morgan fingerprint density at radius 3 is 1.00 bits per heavy atom. The molecule has 1 rings (SSSR count). The van der Waals surface area contributed by atoms with Gasteiger partial charge in [-0.3, -0.25) is 4.79 Å². The predicted octanol–water partition coefficient (Wildman–Crippen LogP) is 19.7. The second kappa shape index (κ2) is 66.4. The van der Waals surface area contributed by atoms with Crippen molar-refractivity contribution in [3.8, 4) is 0 Å². The highest BCUT2D eigenvalue weighted by molar-refractivity contribution is 5.80. The van der Waals surface area contributed by atoms with Gasteiger partial charge in [0.05, 0.1) is 25.4 Å². The van der Waals surface area contributed by atoms with Crippen LogP contribution in [0.15, 0.2) is 36.5 Å². The highest BCUT2D eigenvalue weighted by Crippen LogP contribution is 2.24. The molecule has 1 aliphatic heterocycles. The molecule has 0 aromatic carbocycles. The van der Waals surface area contributed by atoms with Crippen LogP contribution in [0.1, 0.15) is 386 Å². The number of aliphatic hydroxyl groups excluding tert-OH is 7. The number of carbonyl (C=O) groups excluding carboxylic acids is 1. The normalized spacial score (nSPS) is 18.7. The highest BCUT2D eigenvalue weighted by atomic mass is 16.7. The summed E-state index contributed by atoms with van der Waals surface area (Å²) in [4.78, 5) is 13.3.